The predicted octanol–water partition coefficient (Wildman–Crippen LogP) is 4.64. The molecule has 2 heterocycles. The number of benzene rings is 1. The van der Waals surface area contributed by atoms with Crippen LogP contribution in [0.3, 0.4) is 0 Å². The maximum atomic E-state index is 13.8. The number of nitrogens with zero attached hydrogens (tertiary/aromatic N) is 4. The first-order valence-electron chi connectivity index (χ1n) is 12.7. The van der Waals surface area contributed by atoms with Crippen LogP contribution in [0.25, 0.3) is 0 Å². The first-order chi connectivity index (χ1) is 16.4. The molecule has 5 rings (SSSR count). The minimum Gasteiger partial charge on any atom is -0.490 e. The normalized spacial score (nSPS) is 27.6. The molecule has 1 aliphatic heterocycles. The van der Waals surface area contributed by atoms with Crippen molar-refractivity contribution in [2.45, 2.75) is 58.9 Å². The summed E-state index contributed by atoms with van der Waals surface area (Å²) >= 11 is 0. The lowest BCUT2D eigenvalue weighted by atomic mass is 9.69. The highest BCUT2D eigenvalue weighted by atomic mass is 16.5. The molecule has 7 nitrogen and oxygen atoms in total. The third kappa shape index (κ3) is 4.04. The summed E-state index contributed by atoms with van der Waals surface area (Å²) in [5, 5.41) is 1.84. The molecule has 3 unspecified atom stereocenters. The van der Waals surface area contributed by atoms with Crippen LogP contribution >= 0.6 is 0 Å². The molecule has 2 aliphatic carbocycles. The van der Waals surface area contributed by atoms with Crippen molar-refractivity contribution in [1.29, 1.82) is 0 Å². The Hall–Kier alpha value is -2.67. The number of hydrazine groups is 1. The van der Waals surface area contributed by atoms with Crippen molar-refractivity contribution < 1.29 is 9.53 Å². The second kappa shape index (κ2) is 9.17. The number of carbonyl (C=O) groups excluding carboxylic acids is 1. The molecule has 3 atom stereocenters. The number of anilines is 1. The Bertz CT molecular complexity index is 1010. The SMILES string of the molecule is CC1(C)C2CCC1(C)C(N(Nc1ccccc1OCCN1CCCC1)C(=O)c1ccncn1)C2. The lowest BCUT2D eigenvalue weighted by molar-refractivity contribution is 0.0405. The summed E-state index contributed by atoms with van der Waals surface area (Å²) in [4.78, 5) is 24.5. The van der Waals surface area contributed by atoms with Crippen molar-refractivity contribution in [3.63, 3.8) is 0 Å². The molecule has 3 fully saturated rings. The topological polar surface area (TPSA) is 70.6 Å². The molecule has 34 heavy (non-hydrogen) atoms. The first kappa shape index (κ1) is 23.1. The molecule has 0 radical (unpaired) electrons. The lowest BCUT2D eigenvalue weighted by Crippen LogP contribution is -2.52. The van der Waals surface area contributed by atoms with Crippen LogP contribution < -0.4 is 10.2 Å². The van der Waals surface area contributed by atoms with Gasteiger partial charge in [0.1, 0.15) is 24.4 Å². The van der Waals surface area contributed by atoms with E-state index < -0.39 is 0 Å². The van der Waals surface area contributed by atoms with E-state index >= 15 is 0 Å². The highest BCUT2D eigenvalue weighted by Gasteiger charge is 2.63. The molecular formula is C27H37N5O2. The smallest absolute Gasteiger partial charge is 0.291 e. The molecule has 2 saturated carbocycles. The minimum atomic E-state index is -0.121. The van der Waals surface area contributed by atoms with Gasteiger partial charge in [0.2, 0.25) is 0 Å². The van der Waals surface area contributed by atoms with Crippen molar-refractivity contribution in [2.75, 3.05) is 31.7 Å². The van der Waals surface area contributed by atoms with E-state index in [1.807, 2.05) is 29.3 Å². The third-order valence-electron chi connectivity index (χ3n) is 9.07. The van der Waals surface area contributed by atoms with Crippen molar-refractivity contribution in [3.05, 3.63) is 48.5 Å². The fourth-order valence-electron chi connectivity index (χ4n) is 6.47. The predicted molar refractivity (Wildman–Crippen MR) is 132 cm³/mol. The van der Waals surface area contributed by atoms with E-state index in [-0.39, 0.29) is 22.8 Å². The molecule has 7 heteroatoms. The van der Waals surface area contributed by atoms with Gasteiger partial charge in [0, 0.05) is 12.7 Å². The van der Waals surface area contributed by atoms with E-state index in [0.717, 1.165) is 43.9 Å². The Balaban J connectivity index is 1.40. The van der Waals surface area contributed by atoms with Crippen LogP contribution in [0.2, 0.25) is 0 Å². The van der Waals surface area contributed by atoms with E-state index in [2.05, 4.69) is 41.1 Å². The summed E-state index contributed by atoms with van der Waals surface area (Å²) in [6.45, 7) is 11.0. The van der Waals surface area contributed by atoms with Crippen LogP contribution in [0, 0.1) is 16.7 Å². The zero-order valence-electron chi connectivity index (χ0n) is 20.7. The number of hydrogen-bond acceptors (Lipinski definition) is 6. The molecule has 1 aromatic carbocycles. The van der Waals surface area contributed by atoms with E-state index in [1.165, 1.54) is 25.6 Å². The number of likely N-dealkylation sites (tertiary alicyclic amines) is 1. The molecule has 1 N–H and O–H groups in total. The zero-order chi connectivity index (χ0) is 23.8. The first-order valence-corrected chi connectivity index (χ1v) is 12.7. The van der Waals surface area contributed by atoms with Gasteiger partial charge in [-0.05, 0) is 80.1 Å². The van der Waals surface area contributed by atoms with Gasteiger partial charge in [-0.25, -0.2) is 15.0 Å². The van der Waals surface area contributed by atoms with Crippen LogP contribution in [0.15, 0.2) is 42.9 Å². The highest BCUT2D eigenvalue weighted by molar-refractivity contribution is 5.93. The average molecular weight is 464 g/mol. The van der Waals surface area contributed by atoms with Gasteiger partial charge < -0.3 is 4.74 Å². The summed E-state index contributed by atoms with van der Waals surface area (Å²) in [6.07, 6.45) is 8.95. The molecule has 1 aromatic heterocycles. The average Bonchev–Trinajstić information content (AvgIpc) is 3.49. The van der Waals surface area contributed by atoms with E-state index in [0.29, 0.717) is 18.2 Å². The maximum Gasteiger partial charge on any atom is 0.291 e. The Kier molecular flexibility index (Phi) is 6.23. The Labute approximate surface area is 202 Å². The van der Waals surface area contributed by atoms with E-state index in [1.54, 1.807) is 12.3 Å². The number of rotatable bonds is 8. The van der Waals surface area contributed by atoms with Gasteiger partial charge in [-0.15, -0.1) is 0 Å². The van der Waals surface area contributed by atoms with Gasteiger partial charge in [0.25, 0.3) is 5.91 Å². The van der Waals surface area contributed by atoms with Crippen LogP contribution in [0.5, 0.6) is 5.75 Å². The summed E-state index contributed by atoms with van der Waals surface area (Å²) in [7, 11) is 0. The van der Waals surface area contributed by atoms with Gasteiger partial charge in [-0.3, -0.25) is 15.1 Å². The van der Waals surface area contributed by atoms with Crippen LogP contribution in [0.4, 0.5) is 5.69 Å². The minimum absolute atomic E-state index is 0.0267. The quantitative estimate of drug-likeness (QED) is 0.576. The van der Waals surface area contributed by atoms with Crippen molar-refractivity contribution >= 4 is 11.6 Å². The molecule has 1 saturated heterocycles. The van der Waals surface area contributed by atoms with E-state index in [4.69, 9.17) is 4.74 Å². The standard InChI is InChI=1S/C27H37N5O2/c1-26(2)20-10-12-27(26,3)24(18-20)32(25(33)22-11-13-28-19-29-22)30-21-8-4-5-9-23(21)34-17-16-31-14-6-7-15-31/h4-5,8-9,11,13,19-20,24,30H,6-7,10,12,14-18H2,1-3H3. The summed E-state index contributed by atoms with van der Waals surface area (Å²) in [5.41, 5.74) is 4.92. The van der Waals surface area contributed by atoms with Gasteiger partial charge >= 0.3 is 0 Å². The second-order valence-electron chi connectivity index (χ2n) is 10.9. The van der Waals surface area contributed by atoms with Crippen molar-refractivity contribution in [3.8, 4) is 5.75 Å². The largest absolute Gasteiger partial charge is 0.490 e. The third-order valence-corrected chi connectivity index (χ3v) is 9.07. The molecule has 1 amide bonds. The second-order valence-corrected chi connectivity index (χ2v) is 10.9. The Morgan fingerprint density at radius 1 is 1.21 bits per heavy atom. The zero-order valence-corrected chi connectivity index (χ0v) is 20.7. The highest BCUT2D eigenvalue weighted by Crippen LogP contribution is 2.66. The van der Waals surface area contributed by atoms with Crippen molar-refractivity contribution in [1.82, 2.24) is 19.9 Å². The number of aromatic nitrogens is 2. The molecule has 0 spiro atoms. The number of para-hydroxylation sites is 2. The molecular weight excluding hydrogens is 426 g/mol. The summed E-state index contributed by atoms with van der Waals surface area (Å²) in [6, 6.07) is 9.69. The lowest BCUT2D eigenvalue weighted by Gasteiger charge is -2.44. The van der Waals surface area contributed by atoms with Gasteiger partial charge in [0.05, 0.1) is 11.7 Å². The molecule has 3 aliphatic rings. The monoisotopic (exact) mass is 463 g/mol. The fourth-order valence-corrected chi connectivity index (χ4v) is 6.47. The number of nitrogens with one attached hydrogen (secondary N) is 1. The van der Waals surface area contributed by atoms with Crippen molar-refractivity contribution in [2.24, 2.45) is 16.7 Å². The van der Waals surface area contributed by atoms with Crippen LogP contribution in [-0.4, -0.2) is 58.1 Å². The number of carbonyl (C=O) groups is 1. The molecule has 182 valence electrons. The molecule has 2 aromatic rings. The maximum absolute atomic E-state index is 13.8. The Morgan fingerprint density at radius 3 is 2.68 bits per heavy atom. The number of amides is 1. The molecule has 2 bridgehead atoms. The fraction of sp³-hybridized carbons (Fsp3) is 0.593. The summed E-state index contributed by atoms with van der Waals surface area (Å²) < 4.78 is 6.21. The van der Waals surface area contributed by atoms with Crippen LogP contribution in [-0.2, 0) is 0 Å². The summed E-state index contributed by atoms with van der Waals surface area (Å²) in [5.74, 6) is 1.26. The van der Waals surface area contributed by atoms with Crippen LogP contribution in [0.1, 0.15) is 63.4 Å². The Morgan fingerprint density at radius 2 is 2.00 bits per heavy atom. The van der Waals surface area contributed by atoms with Gasteiger partial charge in [-0.2, -0.15) is 0 Å². The number of fused-ring (bicyclic) bond motifs is 2. The van der Waals surface area contributed by atoms with Gasteiger partial charge in [0.15, 0.2) is 0 Å². The number of hydrogen-bond donors (Lipinski definition) is 1. The van der Waals surface area contributed by atoms with E-state index in [9.17, 15) is 4.79 Å². The number of ether oxygens (including phenoxy) is 1. The van der Waals surface area contributed by atoms with Gasteiger partial charge in [-0.1, -0.05) is 32.9 Å².